The van der Waals surface area contributed by atoms with Crippen LogP contribution in [0, 0.1) is 11.8 Å². The molecule has 0 radical (unpaired) electrons. The second-order valence-electron chi connectivity index (χ2n) is 5.39. The molecule has 3 nitrogen and oxygen atoms in total. The largest absolute Gasteiger partial charge is 0.393 e. The first kappa shape index (κ1) is 15.3. The van der Waals surface area contributed by atoms with Crippen molar-refractivity contribution in [3.8, 4) is 0 Å². The van der Waals surface area contributed by atoms with Crippen LogP contribution in [0.1, 0.15) is 26.7 Å². The van der Waals surface area contributed by atoms with Crippen LogP contribution >= 0.6 is 0 Å². The molecule has 1 saturated heterocycles. The van der Waals surface area contributed by atoms with Crippen LogP contribution in [-0.4, -0.2) is 43.2 Å². The zero-order valence-electron chi connectivity index (χ0n) is 11.0. The van der Waals surface area contributed by atoms with Crippen molar-refractivity contribution in [2.45, 2.75) is 38.9 Å². The molecule has 0 aliphatic carbocycles. The molecule has 2 unspecified atom stereocenters. The van der Waals surface area contributed by atoms with Gasteiger partial charge in [0.2, 0.25) is 5.91 Å². The summed E-state index contributed by atoms with van der Waals surface area (Å²) in [5.74, 6) is -1.08. The van der Waals surface area contributed by atoms with Gasteiger partial charge in [-0.25, -0.2) is 0 Å². The zero-order valence-corrected chi connectivity index (χ0v) is 11.0. The van der Waals surface area contributed by atoms with Crippen LogP contribution in [0.25, 0.3) is 0 Å². The van der Waals surface area contributed by atoms with Gasteiger partial charge in [-0.1, -0.05) is 13.8 Å². The van der Waals surface area contributed by atoms with Gasteiger partial charge in [-0.3, -0.25) is 4.79 Å². The summed E-state index contributed by atoms with van der Waals surface area (Å²) in [5.41, 5.74) is 0. The molecule has 1 fully saturated rings. The number of nitrogens with one attached hydrogen (secondary N) is 1. The van der Waals surface area contributed by atoms with E-state index in [1.807, 2.05) is 13.8 Å². The highest BCUT2D eigenvalue weighted by Crippen LogP contribution is 2.32. The maximum Gasteiger partial charge on any atom is 0.393 e. The molecule has 1 rings (SSSR count). The van der Waals surface area contributed by atoms with Gasteiger partial charge in [0.25, 0.3) is 0 Å². The lowest BCUT2D eigenvalue weighted by Gasteiger charge is -2.32. The third kappa shape index (κ3) is 4.15. The van der Waals surface area contributed by atoms with E-state index >= 15 is 0 Å². The smallest absolute Gasteiger partial charge is 0.344 e. The van der Waals surface area contributed by atoms with Gasteiger partial charge in [0.1, 0.15) is 0 Å². The standard InChI is InChI=1S/C12H21F3N2O/c1-8(2)7-17(3)11(18)10-5-4-9(6-16-10)12(13,14)15/h8-10,16H,4-7H2,1-3H3. The minimum absolute atomic E-state index is 0.0302. The van der Waals surface area contributed by atoms with E-state index in [1.165, 1.54) is 0 Å². The summed E-state index contributed by atoms with van der Waals surface area (Å²) < 4.78 is 37.4. The van der Waals surface area contributed by atoms with E-state index in [1.54, 1.807) is 11.9 Å². The highest BCUT2D eigenvalue weighted by atomic mass is 19.4. The average molecular weight is 266 g/mol. The van der Waals surface area contributed by atoms with Gasteiger partial charge in [0.15, 0.2) is 0 Å². The summed E-state index contributed by atoms with van der Waals surface area (Å²) in [7, 11) is 1.69. The number of halogens is 3. The Morgan fingerprint density at radius 1 is 1.39 bits per heavy atom. The Bertz CT molecular complexity index is 284. The van der Waals surface area contributed by atoms with Crippen molar-refractivity contribution in [2.75, 3.05) is 20.1 Å². The Labute approximate surface area is 106 Å². The number of rotatable bonds is 3. The van der Waals surface area contributed by atoms with Gasteiger partial charge >= 0.3 is 6.18 Å². The van der Waals surface area contributed by atoms with Crippen LogP contribution in [0.3, 0.4) is 0 Å². The molecule has 0 bridgehead atoms. The van der Waals surface area contributed by atoms with Crippen LogP contribution in [0.15, 0.2) is 0 Å². The molecule has 0 aromatic carbocycles. The summed E-state index contributed by atoms with van der Waals surface area (Å²) in [6, 6.07) is -0.465. The summed E-state index contributed by atoms with van der Waals surface area (Å²) in [4.78, 5) is 13.6. The maximum atomic E-state index is 12.5. The Hall–Kier alpha value is -0.780. The normalized spacial score (nSPS) is 25.3. The predicted octanol–water partition coefficient (Wildman–Crippen LogP) is 2.03. The molecule has 1 aliphatic heterocycles. The van der Waals surface area contributed by atoms with Crippen molar-refractivity contribution in [1.29, 1.82) is 0 Å². The molecule has 2 atom stereocenters. The monoisotopic (exact) mass is 266 g/mol. The number of hydrogen-bond acceptors (Lipinski definition) is 2. The highest BCUT2D eigenvalue weighted by molar-refractivity contribution is 5.81. The number of alkyl halides is 3. The number of piperidine rings is 1. The van der Waals surface area contributed by atoms with Gasteiger partial charge in [-0.15, -0.1) is 0 Å². The molecule has 1 heterocycles. The molecule has 0 spiro atoms. The summed E-state index contributed by atoms with van der Waals surface area (Å²) in [6.45, 7) is 4.46. The first-order valence-corrected chi connectivity index (χ1v) is 6.27. The Morgan fingerprint density at radius 2 is 2.00 bits per heavy atom. The molecule has 0 aromatic rings. The molecule has 106 valence electrons. The van der Waals surface area contributed by atoms with Gasteiger partial charge in [0, 0.05) is 20.1 Å². The fourth-order valence-electron chi connectivity index (χ4n) is 2.25. The Balaban J connectivity index is 2.45. The fourth-order valence-corrected chi connectivity index (χ4v) is 2.25. The quantitative estimate of drug-likeness (QED) is 0.847. The number of nitrogens with zero attached hydrogens (tertiary/aromatic N) is 1. The molecule has 1 N–H and O–H groups in total. The van der Waals surface area contributed by atoms with Crippen molar-refractivity contribution in [3.05, 3.63) is 0 Å². The lowest BCUT2D eigenvalue weighted by molar-refractivity contribution is -0.180. The van der Waals surface area contributed by atoms with Crippen LogP contribution in [-0.2, 0) is 4.79 Å². The molecule has 18 heavy (non-hydrogen) atoms. The summed E-state index contributed by atoms with van der Waals surface area (Å²) in [6.07, 6.45) is -3.88. The SMILES string of the molecule is CC(C)CN(C)C(=O)C1CCC(C(F)(F)F)CN1. The van der Waals surface area contributed by atoms with Crippen LogP contribution in [0.5, 0.6) is 0 Å². The number of carbonyl (C=O) groups is 1. The van der Waals surface area contributed by atoms with E-state index in [4.69, 9.17) is 0 Å². The minimum atomic E-state index is -4.16. The van der Waals surface area contributed by atoms with E-state index in [0.29, 0.717) is 12.5 Å². The van der Waals surface area contributed by atoms with Crippen molar-refractivity contribution in [2.24, 2.45) is 11.8 Å². The molecule has 1 amide bonds. The van der Waals surface area contributed by atoms with Crippen molar-refractivity contribution >= 4 is 5.91 Å². The second-order valence-corrected chi connectivity index (χ2v) is 5.39. The Kier molecular flexibility index (Phi) is 5.01. The van der Waals surface area contributed by atoms with Crippen molar-refractivity contribution in [1.82, 2.24) is 10.2 Å². The number of likely N-dealkylation sites (N-methyl/N-ethyl adjacent to an activating group) is 1. The predicted molar refractivity (Wildman–Crippen MR) is 63.0 cm³/mol. The maximum absolute atomic E-state index is 12.5. The third-order valence-electron chi connectivity index (χ3n) is 3.19. The summed E-state index contributed by atoms with van der Waals surface area (Å²) in [5, 5.41) is 2.72. The number of hydrogen-bond donors (Lipinski definition) is 1. The van der Waals surface area contributed by atoms with Crippen molar-refractivity contribution in [3.63, 3.8) is 0 Å². The van der Waals surface area contributed by atoms with E-state index in [9.17, 15) is 18.0 Å². The minimum Gasteiger partial charge on any atom is -0.344 e. The van der Waals surface area contributed by atoms with Crippen LogP contribution in [0.4, 0.5) is 13.2 Å². The Morgan fingerprint density at radius 3 is 2.39 bits per heavy atom. The van der Waals surface area contributed by atoms with E-state index < -0.39 is 18.1 Å². The van der Waals surface area contributed by atoms with Gasteiger partial charge in [-0.05, 0) is 18.8 Å². The van der Waals surface area contributed by atoms with E-state index in [-0.39, 0.29) is 25.3 Å². The number of carbonyl (C=O) groups excluding carboxylic acids is 1. The molecule has 0 saturated carbocycles. The average Bonchev–Trinajstić information content (AvgIpc) is 2.26. The molecular weight excluding hydrogens is 245 g/mol. The highest BCUT2D eigenvalue weighted by Gasteiger charge is 2.42. The topological polar surface area (TPSA) is 32.3 Å². The van der Waals surface area contributed by atoms with Crippen molar-refractivity contribution < 1.29 is 18.0 Å². The second kappa shape index (κ2) is 5.91. The van der Waals surface area contributed by atoms with Gasteiger partial charge in [-0.2, -0.15) is 13.2 Å². The van der Waals surface area contributed by atoms with Gasteiger partial charge < -0.3 is 10.2 Å². The lowest BCUT2D eigenvalue weighted by atomic mass is 9.93. The number of amides is 1. The zero-order chi connectivity index (χ0) is 13.9. The third-order valence-corrected chi connectivity index (χ3v) is 3.19. The summed E-state index contributed by atoms with van der Waals surface area (Å²) >= 11 is 0. The lowest BCUT2D eigenvalue weighted by Crippen LogP contribution is -2.52. The van der Waals surface area contributed by atoms with Crippen LogP contribution in [0.2, 0.25) is 0 Å². The molecule has 1 aliphatic rings. The molecule has 6 heteroatoms. The fraction of sp³-hybridized carbons (Fsp3) is 0.917. The first-order chi connectivity index (χ1) is 8.21. The molecular formula is C12H21F3N2O. The van der Waals surface area contributed by atoms with Crippen LogP contribution < -0.4 is 5.32 Å². The van der Waals surface area contributed by atoms with E-state index in [2.05, 4.69) is 5.32 Å². The van der Waals surface area contributed by atoms with Gasteiger partial charge in [0.05, 0.1) is 12.0 Å². The first-order valence-electron chi connectivity index (χ1n) is 6.27. The molecule has 0 aromatic heterocycles. The van der Waals surface area contributed by atoms with E-state index in [0.717, 1.165) is 0 Å².